The van der Waals surface area contributed by atoms with Gasteiger partial charge in [-0.2, -0.15) is 0 Å². The molecule has 138 valence electrons. The van der Waals surface area contributed by atoms with Crippen molar-refractivity contribution in [2.45, 2.75) is 6.42 Å². The zero-order valence-electron chi connectivity index (χ0n) is 15.1. The lowest BCUT2D eigenvalue weighted by Gasteiger charge is -2.33. The number of anilines is 1. The van der Waals surface area contributed by atoms with Crippen molar-refractivity contribution in [3.05, 3.63) is 23.9 Å². The van der Waals surface area contributed by atoms with Crippen LogP contribution in [0.1, 0.15) is 16.8 Å². The number of carbonyl (C=O) groups excluding carboxylic acids is 1. The summed E-state index contributed by atoms with van der Waals surface area (Å²) in [6, 6.07) is 3.69. The molecule has 0 aliphatic carbocycles. The van der Waals surface area contributed by atoms with Crippen molar-refractivity contribution in [1.29, 1.82) is 0 Å². The third-order valence-corrected chi connectivity index (χ3v) is 4.88. The molecule has 0 spiro atoms. The lowest BCUT2D eigenvalue weighted by Crippen LogP contribution is -2.44. The predicted molar refractivity (Wildman–Crippen MR) is 98.2 cm³/mol. The Kier molecular flexibility index (Phi) is 6.61. The summed E-state index contributed by atoms with van der Waals surface area (Å²) < 4.78 is 5.35. The number of piperazine rings is 1. The van der Waals surface area contributed by atoms with Crippen molar-refractivity contribution < 1.29 is 9.53 Å². The maximum absolute atomic E-state index is 12.4. The molecule has 1 aromatic rings. The van der Waals surface area contributed by atoms with Gasteiger partial charge in [0, 0.05) is 57.6 Å². The number of amides is 1. The molecule has 7 nitrogen and oxygen atoms in total. The normalized spacial score (nSPS) is 19.8. The predicted octanol–water partition coefficient (Wildman–Crippen LogP) is 0.286. The van der Waals surface area contributed by atoms with Crippen molar-refractivity contribution in [3.8, 4) is 0 Å². The Morgan fingerprint density at radius 1 is 1.20 bits per heavy atom. The molecule has 0 bridgehead atoms. The molecule has 0 radical (unpaired) electrons. The molecule has 1 N–H and O–H groups in total. The third-order valence-electron chi connectivity index (χ3n) is 4.88. The molecule has 2 aliphatic rings. The van der Waals surface area contributed by atoms with Crippen LogP contribution in [-0.4, -0.2) is 93.3 Å². The molecular weight excluding hydrogens is 318 g/mol. The minimum absolute atomic E-state index is 0.0141. The van der Waals surface area contributed by atoms with Crippen LogP contribution in [0.25, 0.3) is 0 Å². The van der Waals surface area contributed by atoms with Crippen LogP contribution < -0.4 is 10.2 Å². The van der Waals surface area contributed by atoms with Crippen molar-refractivity contribution in [2.24, 2.45) is 0 Å². The van der Waals surface area contributed by atoms with E-state index in [1.165, 1.54) is 0 Å². The highest BCUT2D eigenvalue weighted by Crippen LogP contribution is 2.14. The molecule has 0 saturated carbocycles. The Balaban J connectivity index is 1.44. The monoisotopic (exact) mass is 347 g/mol. The van der Waals surface area contributed by atoms with Gasteiger partial charge in [-0.25, -0.2) is 4.98 Å². The largest absolute Gasteiger partial charge is 0.379 e. The number of rotatable bonds is 6. The summed E-state index contributed by atoms with van der Waals surface area (Å²) in [4.78, 5) is 23.8. The van der Waals surface area contributed by atoms with E-state index in [0.717, 1.165) is 71.3 Å². The van der Waals surface area contributed by atoms with Gasteiger partial charge < -0.3 is 19.9 Å². The van der Waals surface area contributed by atoms with Gasteiger partial charge in [-0.05, 0) is 32.1 Å². The highest BCUT2D eigenvalue weighted by Gasteiger charge is 2.16. The summed E-state index contributed by atoms with van der Waals surface area (Å²) in [6.45, 7) is 9.28. The van der Waals surface area contributed by atoms with E-state index >= 15 is 0 Å². The summed E-state index contributed by atoms with van der Waals surface area (Å²) >= 11 is 0. The number of hydrogen-bond donors (Lipinski definition) is 1. The zero-order valence-corrected chi connectivity index (χ0v) is 15.1. The number of aromatic nitrogens is 1. The molecule has 0 unspecified atom stereocenters. The van der Waals surface area contributed by atoms with Gasteiger partial charge in [0.05, 0.1) is 13.2 Å². The van der Waals surface area contributed by atoms with Crippen LogP contribution in [0.2, 0.25) is 0 Å². The molecule has 3 heterocycles. The highest BCUT2D eigenvalue weighted by atomic mass is 16.5. The summed E-state index contributed by atoms with van der Waals surface area (Å²) in [5, 5.41) is 3.02. The molecule has 3 rings (SSSR count). The number of nitrogens with zero attached hydrogens (tertiary/aromatic N) is 4. The first kappa shape index (κ1) is 18.1. The molecule has 2 fully saturated rings. The molecule has 2 saturated heterocycles. The lowest BCUT2D eigenvalue weighted by atomic mass is 10.2. The SMILES string of the molecule is CN1CCN(c2cc(C(=O)NCCCN3CCOCC3)ccn2)CC1. The van der Waals surface area contributed by atoms with Gasteiger partial charge in [0.1, 0.15) is 5.82 Å². The summed E-state index contributed by atoms with van der Waals surface area (Å²) in [7, 11) is 2.13. The fourth-order valence-electron chi connectivity index (χ4n) is 3.20. The number of nitrogens with one attached hydrogen (secondary N) is 1. The average molecular weight is 347 g/mol. The average Bonchev–Trinajstić information content (AvgIpc) is 2.66. The van der Waals surface area contributed by atoms with Gasteiger partial charge >= 0.3 is 0 Å². The topological polar surface area (TPSA) is 60.9 Å². The number of carbonyl (C=O) groups is 1. The Morgan fingerprint density at radius 2 is 1.96 bits per heavy atom. The van der Waals surface area contributed by atoms with E-state index in [1.807, 2.05) is 6.07 Å². The van der Waals surface area contributed by atoms with Crippen molar-refractivity contribution >= 4 is 11.7 Å². The van der Waals surface area contributed by atoms with E-state index in [2.05, 4.69) is 32.0 Å². The number of likely N-dealkylation sites (N-methyl/N-ethyl adjacent to an activating group) is 1. The Morgan fingerprint density at radius 3 is 2.72 bits per heavy atom. The first-order valence-electron chi connectivity index (χ1n) is 9.20. The van der Waals surface area contributed by atoms with Crippen LogP contribution >= 0.6 is 0 Å². The van der Waals surface area contributed by atoms with E-state index in [9.17, 15) is 4.79 Å². The fraction of sp³-hybridized carbons (Fsp3) is 0.667. The standard InChI is InChI=1S/C18H29N5O2/c1-21-7-9-23(10-8-21)17-15-16(3-5-19-17)18(24)20-4-2-6-22-11-13-25-14-12-22/h3,5,15H,2,4,6-14H2,1H3,(H,20,24). The lowest BCUT2D eigenvalue weighted by molar-refractivity contribution is 0.0374. The van der Waals surface area contributed by atoms with E-state index < -0.39 is 0 Å². The van der Waals surface area contributed by atoms with Crippen LogP contribution in [0.4, 0.5) is 5.82 Å². The van der Waals surface area contributed by atoms with Gasteiger partial charge in [-0.15, -0.1) is 0 Å². The highest BCUT2D eigenvalue weighted by molar-refractivity contribution is 5.94. The van der Waals surface area contributed by atoms with Gasteiger partial charge in [-0.1, -0.05) is 0 Å². The Hall–Kier alpha value is -1.70. The molecule has 1 amide bonds. The number of hydrogen-bond acceptors (Lipinski definition) is 6. The van der Waals surface area contributed by atoms with Crippen LogP contribution in [0.5, 0.6) is 0 Å². The fourth-order valence-corrected chi connectivity index (χ4v) is 3.20. The van der Waals surface area contributed by atoms with E-state index in [-0.39, 0.29) is 5.91 Å². The zero-order chi connectivity index (χ0) is 17.5. The van der Waals surface area contributed by atoms with Gasteiger partial charge in [0.15, 0.2) is 0 Å². The minimum Gasteiger partial charge on any atom is -0.379 e. The van der Waals surface area contributed by atoms with Crippen molar-refractivity contribution in [1.82, 2.24) is 20.1 Å². The molecule has 25 heavy (non-hydrogen) atoms. The summed E-state index contributed by atoms with van der Waals surface area (Å²) in [5.41, 5.74) is 0.690. The molecular formula is C18H29N5O2. The van der Waals surface area contributed by atoms with E-state index in [4.69, 9.17) is 4.74 Å². The van der Waals surface area contributed by atoms with Crippen LogP contribution in [0, 0.1) is 0 Å². The number of pyridine rings is 1. The summed E-state index contributed by atoms with van der Waals surface area (Å²) in [6.07, 6.45) is 2.69. The molecule has 0 atom stereocenters. The quantitative estimate of drug-likeness (QED) is 0.746. The second-order valence-electron chi connectivity index (χ2n) is 6.76. The molecule has 7 heteroatoms. The number of morpholine rings is 1. The minimum atomic E-state index is -0.0141. The summed E-state index contributed by atoms with van der Waals surface area (Å²) in [5.74, 6) is 0.883. The second-order valence-corrected chi connectivity index (χ2v) is 6.76. The van der Waals surface area contributed by atoms with Crippen LogP contribution in [-0.2, 0) is 4.74 Å². The van der Waals surface area contributed by atoms with Crippen molar-refractivity contribution in [2.75, 3.05) is 77.5 Å². The van der Waals surface area contributed by atoms with Crippen LogP contribution in [0.3, 0.4) is 0 Å². The second kappa shape index (κ2) is 9.12. The van der Waals surface area contributed by atoms with E-state index in [1.54, 1.807) is 12.3 Å². The van der Waals surface area contributed by atoms with Gasteiger partial charge in [0.25, 0.3) is 5.91 Å². The Bertz CT molecular complexity index is 554. The number of ether oxygens (including phenoxy) is 1. The molecule has 2 aliphatic heterocycles. The van der Waals surface area contributed by atoms with Crippen LogP contribution in [0.15, 0.2) is 18.3 Å². The first-order valence-corrected chi connectivity index (χ1v) is 9.20. The van der Waals surface area contributed by atoms with Gasteiger partial charge in [-0.3, -0.25) is 9.69 Å². The van der Waals surface area contributed by atoms with E-state index in [0.29, 0.717) is 12.1 Å². The third kappa shape index (κ3) is 5.39. The maximum Gasteiger partial charge on any atom is 0.251 e. The molecule has 1 aromatic heterocycles. The maximum atomic E-state index is 12.4. The molecule has 0 aromatic carbocycles. The van der Waals surface area contributed by atoms with Gasteiger partial charge in [0.2, 0.25) is 0 Å². The first-order chi connectivity index (χ1) is 12.2. The van der Waals surface area contributed by atoms with Crippen molar-refractivity contribution in [3.63, 3.8) is 0 Å². The Labute approximate surface area is 149 Å². The smallest absolute Gasteiger partial charge is 0.251 e.